The molecule has 0 saturated carbocycles. The summed E-state index contributed by atoms with van der Waals surface area (Å²) < 4.78 is 0. The third-order valence-electron chi connectivity index (χ3n) is 4.93. The third kappa shape index (κ3) is 4.31. The molecule has 146 valence electrons. The van der Waals surface area contributed by atoms with Gasteiger partial charge in [-0.1, -0.05) is 19.9 Å². The van der Waals surface area contributed by atoms with Crippen molar-refractivity contribution in [3.05, 3.63) is 47.6 Å². The maximum absolute atomic E-state index is 4.71. The summed E-state index contributed by atoms with van der Waals surface area (Å²) >= 11 is 1.70. The van der Waals surface area contributed by atoms with Gasteiger partial charge in [0.15, 0.2) is 0 Å². The van der Waals surface area contributed by atoms with Crippen LogP contribution in [0.25, 0.3) is 10.7 Å². The molecule has 0 bridgehead atoms. The Morgan fingerprint density at radius 3 is 2.46 bits per heavy atom. The van der Waals surface area contributed by atoms with Crippen molar-refractivity contribution >= 4 is 28.7 Å². The number of hydrogen-bond acceptors (Lipinski definition) is 7. The summed E-state index contributed by atoms with van der Waals surface area (Å²) in [7, 11) is 2.17. The Morgan fingerprint density at radius 1 is 0.964 bits per heavy atom. The molecule has 1 aliphatic rings. The van der Waals surface area contributed by atoms with E-state index in [1.54, 1.807) is 11.3 Å². The monoisotopic (exact) mass is 394 g/mol. The lowest BCUT2D eigenvalue weighted by molar-refractivity contribution is 0.313. The number of thiazole rings is 1. The Hall–Kier alpha value is -2.51. The Balaban J connectivity index is 1.45. The first-order valence-corrected chi connectivity index (χ1v) is 10.5. The topological polar surface area (TPSA) is 57.2 Å². The Labute approximate surface area is 170 Å². The van der Waals surface area contributed by atoms with Crippen LogP contribution in [0, 0.1) is 0 Å². The molecule has 4 heterocycles. The average molecular weight is 395 g/mol. The molecule has 0 unspecified atom stereocenters. The highest BCUT2D eigenvalue weighted by atomic mass is 32.1. The standard InChI is InChI=1S/C21H26N6S/c1-15(2)18-14-23-21(28-18)17-5-4-6-20(24-17)25-19-8-7-16(13-22-19)27-11-9-26(3)10-12-27/h4-8,13-15H,9-12H2,1-3H3,(H,22,24,25). The van der Waals surface area contributed by atoms with Crippen LogP contribution in [0.1, 0.15) is 24.6 Å². The lowest BCUT2D eigenvalue weighted by atomic mass is 10.2. The zero-order valence-corrected chi connectivity index (χ0v) is 17.4. The minimum atomic E-state index is 0.482. The van der Waals surface area contributed by atoms with Crippen molar-refractivity contribution in [3.8, 4) is 10.7 Å². The molecule has 4 rings (SSSR count). The van der Waals surface area contributed by atoms with Crippen LogP contribution >= 0.6 is 11.3 Å². The van der Waals surface area contributed by atoms with E-state index < -0.39 is 0 Å². The number of rotatable bonds is 5. The van der Waals surface area contributed by atoms with Crippen LogP contribution in [0.15, 0.2) is 42.7 Å². The summed E-state index contributed by atoms with van der Waals surface area (Å²) in [5, 5.41) is 4.26. The number of piperazine rings is 1. The molecule has 1 aliphatic heterocycles. The van der Waals surface area contributed by atoms with Gasteiger partial charge in [-0.15, -0.1) is 11.3 Å². The minimum absolute atomic E-state index is 0.482. The summed E-state index contributed by atoms with van der Waals surface area (Å²) in [6.45, 7) is 8.62. The van der Waals surface area contributed by atoms with Gasteiger partial charge >= 0.3 is 0 Å². The molecule has 28 heavy (non-hydrogen) atoms. The Kier molecular flexibility index (Phi) is 5.54. The van der Waals surface area contributed by atoms with Crippen LogP contribution in [-0.4, -0.2) is 53.1 Å². The summed E-state index contributed by atoms with van der Waals surface area (Å²) in [6.07, 6.45) is 3.89. The zero-order chi connectivity index (χ0) is 19.5. The van der Waals surface area contributed by atoms with Crippen molar-refractivity contribution in [2.24, 2.45) is 0 Å². The van der Waals surface area contributed by atoms with Crippen molar-refractivity contribution in [1.82, 2.24) is 19.9 Å². The second-order valence-corrected chi connectivity index (χ2v) is 8.51. The first kappa shape index (κ1) is 18.8. The number of hydrogen-bond donors (Lipinski definition) is 1. The highest BCUT2D eigenvalue weighted by Gasteiger charge is 2.14. The van der Waals surface area contributed by atoms with Gasteiger partial charge in [0.05, 0.1) is 11.9 Å². The smallest absolute Gasteiger partial charge is 0.142 e. The van der Waals surface area contributed by atoms with Crippen LogP contribution in [0.3, 0.4) is 0 Å². The number of aromatic nitrogens is 3. The van der Waals surface area contributed by atoms with E-state index in [0.717, 1.165) is 48.5 Å². The van der Waals surface area contributed by atoms with Gasteiger partial charge in [0.25, 0.3) is 0 Å². The number of pyridine rings is 2. The lowest BCUT2D eigenvalue weighted by Gasteiger charge is -2.33. The second-order valence-electron chi connectivity index (χ2n) is 7.45. The van der Waals surface area contributed by atoms with E-state index in [1.807, 2.05) is 36.7 Å². The Bertz CT molecular complexity index is 913. The first-order valence-electron chi connectivity index (χ1n) is 9.68. The number of nitrogens with zero attached hydrogens (tertiary/aromatic N) is 5. The summed E-state index contributed by atoms with van der Waals surface area (Å²) in [5.74, 6) is 2.05. The van der Waals surface area contributed by atoms with Crippen molar-refractivity contribution in [3.63, 3.8) is 0 Å². The normalized spacial score (nSPS) is 15.2. The molecule has 0 spiro atoms. The molecule has 1 fully saturated rings. The minimum Gasteiger partial charge on any atom is -0.368 e. The summed E-state index contributed by atoms with van der Waals surface area (Å²) in [4.78, 5) is 19.8. The average Bonchev–Trinajstić information content (AvgIpc) is 3.20. The quantitative estimate of drug-likeness (QED) is 0.699. The van der Waals surface area contributed by atoms with Crippen molar-refractivity contribution < 1.29 is 0 Å². The van der Waals surface area contributed by atoms with E-state index in [1.165, 1.54) is 10.6 Å². The molecule has 0 radical (unpaired) electrons. The van der Waals surface area contributed by atoms with Gasteiger partial charge in [0, 0.05) is 37.3 Å². The van der Waals surface area contributed by atoms with Crippen molar-refractivity contribution in [1.29, 1.82) is 0 Å². The lowest BCUT2D eigenvalue weighted by Crippen LogP contribution is -2.44. The van der Waals surface area contributed by atoms with Gasteiger partial charge in [-0.05, 0) is 37.2 Å². The Morgan fingerprint density at radius 2 is 1.79 bits per heavy atom. The number of likely N-dealkylation sites (N-methyl/N-ethyl adjacent to an activating group) is 1. The fraction of sp³-hybridized carbons (Fsp3) is 0.381. The summed E-state index contributed by atoms with van der Waals surface area (Å²) in [5.41, 5.74) is 2.06. The zero-order valence-electron chi connectivity index (χ0n) is 16.6. The predicted octanol–water partition coefficient (Wildman–Crippen LogP) is 4.22. The van der Waals surface area contributed by atoms with E-state index in [4.69, 9.17) is 4.98 Å². The molecule has 3 aromatic heterocycles. The van der Waals surface area contributed by atoms with Gasteiger partial charge in [0.1, 0.15) is 22.3 Å². The van der Waals surface area contributed by atoms with E-state index in [0.29, 0.717) is 5.92 Å². The molecule has 0 amide bonds. The van der Waals surface area contributed by atoms with Crippen LogP contribution < -0.4 is 10.2 Å². The molecule has 1 N–H and O–H groups in total. The molecule has 7 heteroatoms. The van der Waals surface area contributed by atoms with Gasteiger partial charge in [0.2, 0.25) is 0 Å². The van der Waals surface area contributed by atoms with Crippen molar-refractivity contribution in [2.75, 3.05) is 43.4 Å². The van der Waals surface area contributed by atoms with Crippen LogP contribution in [-0.2, 0) is 0 Å². The maximum atomic E-state index is 4.71. The molecular weight excluding hydrogens is 368 g/mol. The largest absolute Gasteiger partial charge is 0.368 e. The molecule has 0 aliphatic carbocycles. The number of nitrogens with one attached hydrogen (secondary N) is 1. The molecule has 6 nitrogen and oxygen atoms in total. The van der Waals surface area contributed by atoms with Gasteiger partial charge in [-0.25, -0.2) is 15.0 Å². The highest BCUT2D eigenvalue weighted by molar-refractivity contribution is 7.15. The molecule has 0 atom stereocenters. The fourth-order valence-electron chi connectivity index (χ4n) is 3.14. The molecule has 3 aromatic rings. The SMILES string of the molecule is CC(C)c1cnc(-c2cccc(Nc3ccc(N4CCN(C)CC4)cn3)n2)s1. The summed E-state index contributed by atoms with van der Waals surface area (Å²) in [6, 6.07) is 10.1. The van der Waals surface area contributed by atoms with Gasteiger partial charge in [-0.2, -0.15) is 0 Å². The third-order valence-corrected chi connectivity index (χ3v) is 6.25. The van der Waals surface area contributed by atoms with E-state index in [9.17, 15) is 0 Å². The maximum Gasteiger partial charge on any atom is 0.142 e. The highest BCUT2D eigenvalue weighted by Crippen LogP contribution is 2.29. The van der Waals surface area contributed by atoms with E-state index in [-0.39, 0.29) is 0 Å². The molecular formula is C21H26N6S. The molecule has 1 saturated heterocycles. The van der Waals surface area contributed by atoms with Crippen LogP contribution in [0.4, 0.5) is 17.3 Å². The van der Waals surface area contributed by atoms with Gasteiger partial charge < -0.3 is 15.1 Å². The predicted molar refractivity (Wildman–Crippen MR) is 117 cm³/mol. The first-order chi connectivity index (χ1) is 13.6. The van der Waals surface area contributed by atoms with Crippen LogP contribution in [0.2, 0.25) is 0 Å². The fourth-order valence-corrected chi connectivity index (χ4v) is 4.03. The van der Waals surface area contributed by atoms with Gasteiger partial charge in [-0.3, -0.25) is 0 Å². The second kappa shape index (κ2) is 8.24. The van der Waals surface area contributed by atoms with Crippen molar-refractivity contribution in [2.45, 2.75) is 19.8 Å². The van der Waals surface area contributed by atoms with E-state index in [2.05, 4.69) is 52.0 Å². The number of anilines is 3. The van der Waals surface area contributed by atoms with Crippen LogP contribution in [0.5, 0.6) is 0 Å². The van der Waals surface area contributed by atoms with E-state index >= 15 is 0 Å². The molecule has 0 aromatic carbocycles.